The molecular weight excluding hydrogens is 232 g/mol. The van der Waals surface area contributed by atoms with E-state index >= 15 is 0 Å². The molecule has 4 heteroatoms. The van der Waals surface area contributed by atoms with Gasteiger partial charge >= 0.3 is 11.9 Å². The molecule has 0 saturated carbocycles. The minimum Gasteiger partial charge on any atom is -0.469 e. The van der Waals surface area contributed by atoms with E-state index in [4.69, 9.17) is 4.74 Å². The zero-order valence-electron chi connectivity index (χ0n) is 9.02. The molecule has 0 atom stereocenters. The standard InChI is InChI=1S/C8H8O2.C3H6O2.3CH4/c1-7(9)10-8-5-3-2-4-6-8;1-3(4)5-2;;;/h2-6H,1H3;1-2H3;3*1H4. The van der Waals surface area contributed by atoms with E-state index in [2.05, 4.69) is 4.74 Å². The Labute approximate surface area is 111 Å². The summed E-state index contributed by atoms with van der Waals surface area (Å²) in [6.45, 7) is 2.74. The average molecular weight is 258 g/mol. The first-order valence-electron chi connectivity index (χ1n) is 4.34. The molecule has 0 aliphatic rings. The largest absolute Gasteiger partial charge is 0.469 e. The van der Waals surface area contributed by atoms with Crippen LogP contribution < -0.4 is 4.74 Å². The van der Waals surface area contributed by atoms with Gasteiger partial charge in [-0.25, -0.2) is 0 Å². The van der Waals surface area contributed by atoms with E-state index in [0.717, 1.165) is 0 Å². The summed E-state index contributed by atoms with van der Waals surface area (Å²) in [7, 11) is 1.35. The number of methoxy groups -OCH3 is 1. The van der Waals surface area contributed by atoms with Gasteiger partial charge in [-0.05, 0) is 12.1 Å². The number of para-hydroxylation sites is 1. The van der Waals surface area contributed by atoms with Crippen LogP contribution in [0.3, 0.4) is 0 Å². The number of benzene rings is 1. The van der Waals surface area contributed by atoms with E-state index in [-0.39, 0.29) is 34.2 Å². The summed E-state index contributed by atoms with van der Waals surface area (Å²) < 4.78 is 8.89. The summed E-state index contributed by atoms with van der Waals surface area (Å²) in [5.41, 5.74) is 0. The lowest BCUT2D eigenvalue weighted by Crippen LogP contribution is -2.00. The molecule has 4 nitrogen and oxygen atoms in total. The predicted molar refractivity (Wildman–Crippen MR) is 75.6 cm³/mol. The molecule has 0 aliphatic carbocycles. The molecule has 0 N–H and O–H groups in total. The molecule has 1 aromatic carbocycles. The lowest BCUT2D eigenvalue weighted by Gasteiger charge is -1.97. The van der Waals surface area contributed by atoms with Crippen LogP contribution in [0.2, 0.25) is 0 Å². The Balaban J connectivity index is -0.000000109. The third-order valence-corrected chi connectivity index (χ3v) is 1.29. The zero-order valence-corrected chi connectivity index (χ0v) is 9.02. The molecule has 0 fully saturated rings. The second-order valence-corrected chi connectivity index (χ2v) is 2.60. The topological polar surface area (TPSA) is 52.6 Å². The first kappa shape index (κ1) is 25.1. The van der Waals surface area contributed by atoms with Gasteiger partial charge in [-0.2, -0.15) is 0 Å². The van der Waals surface area contributed by atoms with Gasteiger partial charge < -0.3 is 9.47 Å². The second-order valence-electron chi connectivity index (χ2n) is 2.60. The lowest BCUT2D eigenvalue weighted by atomic mass is 10.3. The van der Waals surface area contributed by atoms with E-state index in [1.54, 1.807) is 12.1 Å². The summed E-state index contributed by atoms with van der Waals surface area (Å²) in [6, 6.07) is 8.98. The van der Waals surface area contributed by atoms with Crippen molar-refractivity contribution in [1.82, 2.24) is 0 Å². The minimum absolute atomic E-state index is 0. The molecule has 1 aromatic rings. The molecule has 0 unspecified atom stereocenters. The molecule has 0 radical (unpaired) electrons. The van der Waals surface area contributed by atoms with Crippen molar-refractivity contribution in [3.63, 3.8) is 0 Å². The average Bonchev–Trinajstić information content (AvgIpc) is 2.19. The van der Waals surface area contributed by atoms with Crippen molar-refractivity contribution < 1.29 is 19.1 Å². The molecule has 106 valence electrons. The van der Waals surface area contributed by atoms with Gasteiger partial charge in [0.15, 0.2) is 0 Å². The highest BCUT2D eigenvalue weighted by molar-refractivity contribution is 5.69. The van der Waals surface area contributed by atoms with E-state index < -0.39 is 0 Å². The first-order chi connectivity index (χ1) is 7.06. The van der Waals surface area contributed by atoms with Crippen LogP contribution in [0.1, 0.15) is 36.1 Å². The Morgan fingerprint density at radius 2 is 1.28 bits per heavy atom. The molecule has 0 aliphatic heterocycles. The Bertz CT molecular complexity index is 307. The van der Waals surface area contributed by atoms with Gasteiger partial charge in [-0.3, -0.25) is 9.59 Å². The summed E-state index contributed by atoms with van der Waals surface area (Å²) in [5, 5.41) is 0. The monoisotopic (exact) mass is 258 g/mol. The van der Waals surface area contributed by atoms with Crippen LogP contribution in [0.5, 0.6) is 5.75 Å². The van der Waals surface area contributed by atoms with Crippen molar-refractivity contribution in [2.24, 2.45) is 0 Å². The summed E-state index contributed by atoms with van der Waals surface area (Å²) >= 11 is 0. The predicted octanol–water partition coefficient (Wildman–Crippen LogP) is 3.70. The fraction of sp³-hybridized carbons (Fsp3) is 0.429. The van der Waals surface area contributed by atoms with Gasteiger partial charge in [-0.15, -0.1) is 0 Å². The Hall–Kier alpha value is -1.84. The zero-order chi connectivity index (χ0) is 11.7. The molecule has 0 spiro atoms. The lowest BCUT2D eigenvalue weighted by molar-refractivity contribution is -0.138. The van der Waals surface area contributed by atoms with Crippen LogP contribution in [0, 0.1) is 0 Å². The first-order valence-corrected chi connectivity index (χ1v) is 4.34. The molecule has 0 heterocycles. The molecule has 0 aromatic heterocycles. The Morgan fingerprint density at radius 1 is 0.889 bits per heavy atom. The smallest absolute Gasteiger partial charge is 0.308 e. The number of esters is 2. The molecule has 0 saturated heterocycles. The quantitative estimate of drug-likeness (QED) is 0.569. The van der Waals surface area contributed by atoms with Crippen molar-refractivity contribution in [2.75, 3.05) is 7.11 Å². The molecule has 0 bridgehead atoms. The molecule has 18 heavy (non-hydrogen) atoms. The minimum atomic E-state index is -0.286. The van der Waals surface area contributed by atoms with Gasteiger partial charge in [-0.1, -0.05) is 40.5 Å². The van der Waals surface area contributed by atoms with Crippen molar-refractivity contribution >= 4 is 11.9 Å². The number of hydrogen-bond acceptors (Lipinski definition) is 4. The van der Waals surface area contributed by atoms with E-state index in [1.165, 1.54) is 21.0 Å². The van der Waals surface area contributed by atoms with Crippen molar-refractivity contribution in [1.29, 1.82) is 0 Å². The summed E-state index contributed by atoms with van der Waals surface area (Å²) in [5.74, 6) is 0.0613. The highest BCUT2D eigenvalue weighted by atomic mass is 16.5. The van der Waals surface area contributed by atoms with Crippen molar-refractivity contribution in [2.45, 2.75) is 36.1 Å². The highest BCUT2D eigenvalue weighted by Crippen LogP contribution is 2.07. The maximum absolute atomic E-state index is 10.4. The third-order valence-electron chi connectivity index (χ3n) is 1.29. The number of carbonyl (C=O) groups is 2. The van der Waals surface area contributed by atoms with E-state index in [1.807, 2.05) is 18.2 Å². The van der Waals surface area contributed by atoms with Gasteiger partial charge in [0.2, 0.25) is 0 Å². The Morgan fingerprint density at radius 3 is 1.56 bits per heavy atom. The fourth-order valence-electron chi connectivity index (χ4n) is 0.655. The summed E-state index contributed by atoms with van der Waals surface area (Å²) in [4.78, 5) is 20.0. The summed E-state index contributed by atoms with van der Waals surface area (Å²) in [6.07, 6.45) is 0. The van der Waals surface area contributed by atoms with Gasteiger partial charge in [0.25, 0.3) is 0 Å². The maximum atomic E-state index is 10.4. The van der Waals surface area contributed by atoms with Crippen LogP contribution in [0.15, 0.2) is 30.3 Å². The van der Waals surface area contributed by atoms with Crippen LogP contribution in [-0.4, -0.2) is 19.0 Å². The second kappa shape index (κ2) is 15.2. The molecular formula is C14H26O4. The van der Waals surface area contributed by atoms with Crippen molar-refractivity contribution in [3.8, 4) is 5.75 Å². The van der Waals surface area contributed by atoms with E-state index in [0.29, 0.717) is 5.75 Å². The third kappa shape index (κ3) is 16.6. The maximum Gasteiger partial charge on any atom is 0.308 e. The van der Waals surface area contributed by atoms with Crippen LogP contribution in [0.4, 0.5) is 0 Å². The SMILES string of the molecule is C.C.C.CC(=O)Oc1ccccc1.COC(C)=O. The molecule has 0 amide bonds. The van der Waals surface area contributed by atoms with E-state index in [9.17, 15) is 9.59 Å². The van der Waals surface area contributed by atoms with Gasteiger partial charge in [0, 0.05) is 13.8 Å². The number of ether oxygens (including phenoxy) is 2. The normalized spacial score (nSPS) is 6.83. The van der Waals surface area contributed by atoms with Crippen molar-refractivity contribution in [3.05, 3.63) is 30.3 Å². The van der Waals surface area contributed by atoms with Crippen LogP contribution in [0.25, 0.3) is 0 Å². The van der Waals surface area contributed by atoms with Gasteiger partial charge in [0.05, 0.1) is 7.11 Å². The highest BCUT2D eigenvalue weighted by Gasteiger charge is 1.92. The van der Waals surface area contributed by atoms with Crippen LogP contribution in [-0.2, 0) is 14.3 Å². The van der Waals surface area contributed by atoms with Gasteiger partial charge in [0.1, 0.15) is 5.75 Å². The number of hydrogen-bond donors (Lipinski definition) is 0. The number of carbonyl (C=O) groups excluding carboxylic acids is 2. The molecule has 1 rings (SSSR count). The Kier molecular flexibility index (Phi) is 21.2. The number of rotatable bonds is 1. The van der Waals surface area contributed by atoms with Crippen LogP contribution >= 0.6 is 0 Å². The fourth-order valence-corrected chi connectivity index (χ4v) is 0.655.